The van der Waals surface area contributed by atoms with Crippen LogP contribution >= 0.6 is 0 Å². The van der Waals surface area contributed by atoms with Crippen molar-refractivity contribution < 1.29 is 19.1 Å². The summed E-state index contributed by atoms with van der Waals surface area (Å²) < 4.78 is 12.8. The highest BCUT2D eigenvalue weighted by Gasteiger charge is 2.19. The van der Waals surface area contributed by atoms with E-state index in [2.05, 4.69) is 9.97 Å². The molecule has 0 aliphatic rings. The molecule has 7 heteroatoms. The zero-order valence-corrected chi connectivity index (χ0v) is 16.6. The van der Waals surface area contributed by atoms with Crippen molar-refractivity contribution in [1.82, 2.24) is 14.5 Å². The van der Waals surface area contributed by atoms with Gasteiger partial charge in [-0.3, -0.25) is 9.59 Å². The smallest absolute Gasteiger partial charge is 0.326 e. The second kappa shape index (κ2) is 7.42. The number of benzene rings is 1. The van der Waals surface area contributed by atoms with Crippen LogP contribution in [0.15, 0.2) is 36.8 Å². The molecule has 0 N–H and O–H groups in total. The van der Waals surface area contributed by atoms with Crippen LogP contribution in [0.3, 0.4) is 0 Å². The van der Waals surface area contributed by atoms with Gasteiger partial charge in [0.25, 0.3) is 0 Å². The van der Waals surface area contributed by atoms with Crippen molar-refractivity contribution in [2.45, 2.75) is 46.8 Å². The molecule has 0 aliphatic heterocycles. The first-order chi connectivity index (χ1) is 13.1. The van der Waals surface area contributed by atoms with Crippen LogP contribution < -0.4 is 4.74 Å². The first-order valence-corrected chi connectivity index (χ1v) is 8.94. The number of rotatable bonds is 5. The Bertz CT molecular complexity index is 1030. The first kappa shape index (κ1) is 19.5. The molecule has 1 aromatic carbocycles. The van der Waals surface area contributed by atoms with Crippen LogP contribution in [0, 0.1) is 6.92 Å². The third kappa shape index (κ3) is 4.54. The largest absolute Gasteiger partial charge is 0.459 e. The van der Waals surface area contributed by atoms with E-state index in [4.69, 9.17) is 9.47 Å². The zero-order chi connectivity index (χ0) is 20.5. The molecule has 3 aromatic rings. The van der Waals surface area contributed by atoms with Crippen molar-refractivity contribution in [3.8, 4) is 11.8 Å². The molecular weight excluding hydrogens is 358 g/mol. The van der Waals surface area contributed by atoms with Crippen molar-refractivity contribution in [3.05, 3.63) is 47.9 Å². The molecule has 0 amide bonds. The number of fused-ring (bicyclic) bond motifs is 1. The summed E-state index contributed by atoms with van der Waals surface area (Å²) in [6.07, 6.45) is 5.00. The Morgan fingerprint density at radius 3 is 2.43 bits per heavy atom. The number of esters is 1. The fourth-order valence-corrected chi connectivity index (χ4v) is 2.80. The maximum atomic E-state index is 12.2. The van der Waals surface area contributed by atoms with E-state index in [0.29, 0.717) is 16.7 Å². The quantitative estimate of drug-likeness (QED) is 0.489. The second-order valence-electron chi connectivity index (χ2n) is 7.64. The molecule has 0 fully saturated rings. The van der Waals surface area contributed by atoms with E-state index >= 15 is 0 Å². The highest BCUT2D eigenvalue weighted by atomic mass is 16.6. The van der Waals surface area contributed by atoms with Crippen LogP contribution in [0.25, 0.3) is 10.9 Å². The van der Waals surface area contributed by atoms with Gasteiger partial charge in [0.05, 0.1) is 0 Å². The number of Topliss-reactive ketones (excluding diaryl/α,β-unsaturated/α-hetero) is 1. The van der Waals surface area contributed by atoms with Gasteiger partial charge < -0.3 is 14.0 Å². The van der Waals surface area contributed by atoms with Crippen LogP contribution in [0.5, 0.6) is 11.8 Å². The highest BCUT2D eigenvalue weighted by Crippen LogP contribution is 2.28. The number of nitrogens with zero attached hydrogens (tertiary/aromatic N) is 3. The van der Waals surface area contributed by atoms with Crippen molar-refractivity contribution in [1.29, 1.82) is 0 Å². The van der Waals surface area contributed by atoms with Gasteiger partial charge in [-0.2, -0.15) is 0 Å². The molecule has 0 unspecified atom stereocenters. The van der Waals surface area contributed by atoms with Gasteiger partial charge in [0.2, 0.25) is 0 Å². The van der Waals surface area contributed by atoms with Gasteiger partial charge in [-0.15, -0.1) is 0 Å². The number of aromatic nitrogens is 3. The number of ether oxygens (including phenoxy) is 2. The molecule has 3 rings (SSSR count). The number of ketones is 1. The van der Waals surface area contributed by atoms with Crippen LogP contribution in [0.1, 0.15) is 43.6 Å². The summed E-state index contributed by atoms with van der Waals surface area (Å²) in [6.45, 7) is 8.84. The summed E-state index contributed by atoms with van der Waals surface area (Å²) in [4.78, 5) is 32.6. The molecule has 0 spiro atoms. The zero-order valence-electron chi connectivity index (χ0n) is 16.6. The highest BCUT2D eigenvalue weighted by molar-refractivity contribution is 6.07. The molecule has 2 aromatic heterocycles. The SMILES string of the molecule is CC(=O)c1cn(CC(=O)OC(C)(C)C)c2ccc(Oc3ncc(C)cn3)cc12. The topological polar surface area (TPSA) is 83.3 Å². The van der Waals surface area contributed by atoms with E-state index in [1.54, 1.807) is 41.4 Å². The number of hydrogen-bond donors (Lipinski definition) is 0. The maximum Gasteiger partial charge on any atom is 0.326 e. The van der Waals surface area contributed by atoms with E-state index in [1.165, 1.54) is 6.92 Å². The normalized spacial score (nSPS) is 11.5. The first-order valence-electron chi connectivity index (χ1n) is 8.94. The summed E-state index contributed by atoms with van der Waals surface area (Å²) in [5, 5.41) is 0.695. The van der Waals surface area contributed by atoms with E-state index in [9.17, 15) is 9.59 Å². The molecule has 0 bridgehead atoms. The molecule has 28 heavy (non-hydrogen) atoms. The molecule has 0 saturated carbocycles. The molecule has 146 valence electrons. The Hall–Kier alpha value is -3.22. The van der Waals surface area contributed by atoms with Crippen LogP contribution in [-0.4, -0.2) is 31.9 Å². The fourth-order valence-electron chi connectivity index (χ4n) is 2.80. The molecular formula is C21H23N3O4. The number of hydrogen-bond acceptors (Lipinski definition) is 6. The summed E-state index contributed by atoms with van der Waals surface area (Å²) in [5.74, 6) is 0.0402. The van der Waals surface area contributed by atoms with Crippen LogP contribution in [-0.2, 0) is 16.1 Å². The Morgan fingerprint density at radius 2 is 1.82 bits per heavy atom. The number of aryl methyl sites for hydroxylation is 1. The summed E-state index contributed by atoms with van der Waals surface area (Å²) in [5.41, 5.74) is 1.61. The predicted molar refractivity (Wildman–Crippen MR) is 105 cm³/mol. The fraction of sp³-hybridized carbons (Fsp3) is 0.333. The van der Waals surface area contributed by atoms with Gasteiger partial charge in [0, 0.05) is 35.1 Å². The average molecular weight is 381 g/mol. The monoisotopic (exact) mass is 381 g/mol. The average Bonchev–Trinajstić information content (AvgIpc) is 2.93. The van der Waals surface area contributed by atoms with E-state index in [-0.39, 0.29) is 24.3 Å². The third-order valence-corrected chi connectivity index (χ3v) is 3.92. The Balaban J connectivity index is 1.93. The predicted octanol–water partition coefficient (Wildman–Crippen LogP) is 4.08. The number of carbonyl (C=O) groups excluding carboxylic acids is 2. The molecule has 0 saturated heterocycles. The molecule has 7 nitrogen and oxygen atoms in total. The van der Waals surface area contributed by atoms with Gasteiger partial charge in [-0.05, 0) is 58.4 Å². The van der Waals surface area contributed by atoms with Crippen molar-refractivity contribution in [2.24, 2.45) is 0 Å². The lowest BCUT2D eigenvalue weighted by Gasteiger charge is -2.19. The van der Waals surface area contributed by atoms with Crippen molar-refractivity contribution in [3.63, 3.8) is 0 Å². The van der Waals surface area contributed by atoms with Crippen molar-refractivity contribution >= 4 is 22.7 Å². The molecule has 2 heterocycles. The standard InChI is InChI=1S/C21H23N3O4/c1-13-9-22-20(23-10-13)27-15-6-7-18-16(8-15)17(14(2)25)11-24(18)12-19(26)28-21(3,4)5/h6-11H,12H2,1-5H3. The van der Waals surface area contributed by atoms with Gasteiger partial charge in [0.15, 0.2) is 5.78 Å². The van der Waals surface area contributed by atoms with Crippen LogP contribution in [0.2, 0.25) is 0 Å². The Labute approximate surface area is 163 Å². The third-order valence-electron chi connectivity index (χ3n) is 3.92. The van der Waals surface area contributed by atoms with Crippen molar-refractivity contribution in [2.75, 3.05) is 0 Å². The maximum absolute atomic E-state index is 12.2. The van der Waals surface area contributed by atoms with Gasteiger partial charge >= 0.3 is 12.0 Å². The summed E-state index contributed by atoms with van der Waals surface area (Å²) in [6, 6.07) is 5.53. The lowest BCUT2D eigenvalue weighted by molar-refractivity contribution is -0.155. The van der Waals surface area contributed by atoms with E-state index in [1.807, 2.05) is 27.7 Å². The second-order valence-corrected chi connectivity index (χ2v) is 7.64. The Morgan fingerprint density at radius 1 is 1.14 bits per heavy atom. The minimum atomic E-state index is -0.571. The van der Waals surface area contributed by atoms with E-state index < -0.39 is 5.60 Å². The molecule has 0 atom stereocenters. The van der Waals surface area contributed by atoms with Gasteiger partial charge in [-0.1, -0.05) is 0 Å². The Kier molecular flexibility index (Phi) is 5.18. The minimum Gasteiger partial charge on any atom is -0.459 e. The van der Waals surface area contributed by atoms with Gasteiger partial charge in [-0.25, -0.2) is 9.97 Å². The lowest BCUT2D eigenvalue weighted by Crippen LogP contribution is -2.26. The van der Waals surface area contributed by atoms with Gasteiger partial charge in [0.1, 0.15) is 17.9 Å². The lowest BCUT2D eigenvalue weighted by atomic mass is 10.1. The number of carbonyl (C=O) groups is 2. The summed E-state index contributed by atoms with van der Waals surface area (Å²) in [7, 11) is 0. The van der Waals surface area contributed by atoms with E-state index in [0.717, 1.165) is 11.1 Å². The minimum absolute atomic E-state index is 0.0162. The van der Waals surface area contributed by atoms with Crippen LogP contribution in [0.4, 0.5) is 0 Å². The molecule has 0 aliphatic carbocycles. The molecule has 0 radical (unpaired) electrons. The summed E-state index contributed by atoms with van der Waals surface area (Å²) >= 11 is 0.